The largest absolute Gasteiger partial charge is 0.493 e. The van der Waals surface area contributed by atoms with Crippen LogP contribution in [0.2, 0.25) is 0 Å². The molecule has 11 nitrogen and oxygen atoms in total. The van der Waals surface area contributed by atoms with Gasteiger partial charge in [0, 0.05) is 23.7 Å². The van der Waals surface area contributed by atoms with Gasteiger partial charge in [0.15, 0.2) is 5.11 Å². The standard InChI is InChI=1S/C43H47F3N6O5S/c1-5-29-23-34(52-41(58)51(40(56)42(52,3)4)33-11-9-31(25-47)35(24-33)43(44,45)46)12-13-36(29)57-20-17-27-15-18-50(19-16-27)26(2)38(54)48-32-8-6-7-28(22-32)21-30-10-14-37(53)49-39(30)55/h6-9,11-13,22-24,26-27,30H,5,10,14-21H2,1-4H3,(H,48,54)(H,49,53,55)/t26-,30?/m1/s1. The lowest BCUT2D eigenvalue weighted by Gasteiger charge is -2.35. The van der Waals surface area contributed by atoms with Crippen LogP contribution in [0.4, 0.5) is 30.2 Å². The zero-order valence-electron chi connectivity index (χ0n) is 32.9. The van der Waals surface area contributed by atoms with Gasteiger partial charge in [0.05, 0.1) is 35.5 Å². The summed E-state index contributed by atoms with van der Waals surface area (Å²) >= 11 is 5.72. The first-order chi connectivity index (χ1) is 27.5. The lowest BCUT2D eigenvalue weighted by Crippen LogP contribution is -2.46. The first-order valence-corrected chi connectivity index (χ1v) is 20.0. The van der Waals surface area contributed by atoms with Gasteiger partial charge in [0.25, 0.3) is 5.91 Å². The molecular formula is C43H47F3N6O5S. The van der Waals surface area contributed by atoms with E-state index in [2.05, 4.69) is 15.5 Å². The molecule has 3 heterocycles. The van der Waals surface area contributed by atoms with Crippen molar-refractivity contribution in [2.45, 2.75) is 90.4 Å². The number of amides is 4. The number of halogens is 3. The van der Waals surface area contributed by atoms with E-state index in [1.807, 2.05) is 50.2 Å². The Kier molecular flexibility index (Phi) is 12.6. The van der Waals surface area contributed by atoms with Gasteiger partial charge in [-0.1, -0.05) is 19.1 Å². The molecule has 0 spiro atoms. The molecule has 0 aromatic heterocycles. The van der Waals surface area contributed by atoms with Crippen molar-refractivity contribution >= 4 is 58.0 Å². The average Bonchev–Trinajstić information content (AvgIpc) is 3.37. The van der Waals surface area contributed by atoms with E-state index in [1.165, 1.54) is 6.07 Å². The minimum atomic E-state index is -4.79. The third-order valence-corrected chi connectivity index (χ3v) is 11.8. The smallest absolute Gasteiger partial charge is 0.417 e. The fourth-order valence-electron chi connectivity index (χ4n) is 7.95. The molecule has 2 atom stereocenters. The van der Waals surface area contributed by atoms with Gasteiger partial charge < -0.3 is 15.0 Å². The van der Waals surface area contributed by atoms with Gasteiger partial charge in [-0.25, -0.2) is 0 Å². The maximum atomic E-state index is 13.8. The van der Waals surface area contributed by atoms with Gasteiger partial charge in [0.2, 0.25) is 17.7 Å². The number of carbonyl (C=O) groups excluding carboxylic acids is 4. The number of carbonyl (C=O) groups is 4. The Morgan fingerprint density at radius 1 is 1.05 bits per heavy atom. The van der Waals surface area contributed by atoms with Crippen LogP contribution in [0.1, 0.15) is 82.1 Å². The number of rotatable bonds is 12. The van der Waals surface area contributed by atoms with Crippen LogP contribution in [0.15, 0.2) is 60.7 Å². The number of nitrogens with zero attached hydrogens (tertiary/aromatic N) is 4. The molecule has 1 unspecified atom stereocenters. The molecule has 3 aromatic carbocycles. The van der Waals surface area contributed by atoms with Crippen LogP contribution in [0.5, 0.6) is 5.75 Å². The van der Waals surface area contributed by atoms with E-state index >= 15 is 0 Å². The zero-order valence-corrected chi connectivity index (χ0v) is 33.8. The van der Waals surface area contributed by atoms with Crippen molar-refractivity contribution in [3.8, 4) is 11.8 Å². The Morgan fingerprint density at radius 3 is 2.45 bits per heavy atom. The number of piperidine rings is 2. The summed E-state index contributed by atoms with van der Waals surface area (Å²) in [4.78, 5) is 55.6. The normalized spacial score (nSPS) is 19.5. The van der Waals surface area contributed by atoms with Crippen molar-refractivity contribution in [1.29, 1.82) is 5.26 Å². The number of hydrogen-bond acceptors (Lipinski definition) is 8. The van der Waals surface area contributed by atoms with E-state index < -0.39 is 28.7 Å². The van der Waals surface area contributed by atoms with Crippen LogP contribution >= 0.6 is 12.2 Å². The first kappa shape index (κ1) is 42.3. The zero-order chi connectivity index (χ0) is 41.9. The summed E-state index contributed by atoms with van der Waals surface area (Å²) in [6, 6.07) is 17.4. The van der Waals surface area contributed by atoms with Crippen molar-refractivity contribution in [3.63, 3.8) is 0 Å². The van der Waals surface area contributed by atoms with Crippen LogP contribution in [-0.4, -0.2) is 64.9 Å². The van der Waals surface area contributed by atoms with E-state index in [-0.39, 0.29) is 40.5 Å². The molecule has 6 rings (SSSR count). The van der Waals surface area contributed by atoms with Gasteiger partial charge in [-0.2, -0.15) is 18.4 Å². The quantitative estimate of drug-likeness (QED) is 0.144. The second-order valence-corrected chi connectivity index (χ2v) is 16.0. The molecule has 0 saturated carbocycles. The Labute approximate surface area is 341 Å². The minimum absolute atomic E-state index is 0.0259. The molecule has 306 valence electrons. The summed E-state index contributed by atoms with van der Waals surface area (Å²) in [5.41, 5.74) is 0.112. The van der Waals surface area contributed by atoms with E-state index in [0.29, 0.717) is 55.3 Å². The SMILES string of the molecule is CCc1cc(N2C(=S)N(c3ccc(C#N)c(C(F)(F)F)c3)C(=O)C2(C)C)ccc1OCCC1CCN([C@H](C)C(=O)Nc2cccc(CC3CCC(=O)NC3=O)c2)CC1. The fraction of sp³-hybridized carbons (Fsp3) is 0.442. The summed E-state index contributed by atoms with van der Waals surface area (Å²) in [5, 5.41) is 14.7. The summed E-state index contributed by atoms with van der Waals surface area (Å²) in [6.07, 6.45) is -0.179. The molecular weight excluding hydrogens is 770 g/mol. The van der Waals surface area contributed by atoms with E-state index in [1.54, 1.807) is 30.9 Å². The van der Waals surface area contributed by atoms with E-state index in [4.69, 9.17) is 17.0 Å². The van der Waals surface area contributed by atoms with Crippen molar-refractivity contribution in [3.05, 3.63) is 82.9 Å². The number of thiocarbonyl (C=S) groups is 1. The number of alkyl halides is 3. The summed E-state index contributed by atoms with van der Waals surface area (Å²) in [5.74, 6) is -0.254. The Balaban J connectivity index is 1.01. The molecule has 2 N–H and O–H groups in total. The molecule has 4 amide bonds. The number of aryl methyl sites for hydroxylation is 1. The third kappa shape index (κ3) is 9.03. The van der Waals surface area contributed by atoms with Gasteiger partial charge >= 0.3 is 6.18 Å². The summed E-state index contributed by atoms with van der Waals surface area (Å²) in [6.45, 7) is 9.24. The second kappa shape index (κ2) is 17.3. The second-order valence-electron chi connectivity index (χ2n) is 15.6. The molecule has 3 fully saturated rings. The van der Waals surface area contributed by atoms with Gasteiger partial charge in [-0.05, 0) is 150 Å². The highest BCUT2D eigenvalue weighted by molar-refractivity contribution is 7.81. The number of ether oxygens (including phenoxy) is 1. The molecule has 0 radical (unpaired) electrons. The van der Waals surface area contributed by atoms with Crippen molar-refractivity contribution in [1.82, 2.24) is 10.2 Å². The van der Waals surface area contributed by atoms with E-state index in [9.17, 15) is 37.6 Å². The number of anilines is 3. The monoisotopic (exact) mass is 816 g/mol. The van der Waals surface area contributed by atoms with Crippen LogP contribution in [-0.2, 0) is 38.2 Å². The maximum Gasteiger partial charge on any atom is 0.417 e. The first-order valence-electron chi connectivity index (χ1n) is 19.5. The number of nitrogens with one attached hydrogen (secondary N) is 2. The predicted octanol–water partition coefficient (Wildman–Crippen LogP) is 7.16. The molecule has 3 aliphatic heterocycles. The summed E-state index contributed by atoms with van der Waals surface area (Å²) < 4.78 is 47.6. The van der Waals surface area contributed by atoms with Crippen LogP contribution in [0.25, 0.3) is 0 Å². The molecule has 58 heavy (non-hydrogen) atoms. The molecule has 3 saturated heterocycles. The number of imide groups is 1. The lowest BCUT2D eigenvalue weighted by atomic mass is 9.91. The van der Waals surface area contributed by atoms with Crippen molar-refractivity contribution < 1.29 is 37.1 Å². The van der Waals surface area contributed by atoms with Crippen LogP contribution in [0, 0.1) is 23.2 Å². The van der Waals surface area contributed by atoms with Crippen molar-refractivity contribution in [2.24, 2.45) is 11.8 Å². The lowest BCUT2D eigenvalue weighted by molar-refractivity contribution is -0.138. The molecule has 3 aromatic rings. The summed E-state index contributed by atoms with van der Waals surface area (Å²) in [7, 11) is 0. The van der Waals surface area contributed by atoms with Crippen LogP contribution in [0.3, 0.4) is 0 Å². The molecule has 15 heteroatoms. The Hall–Kier alpha value is -5.33. The Bertz CT molecular complexity index is 2140. The number of benzene rings is 3. The number of nitriles is 1. The van der Waals surface area contributed by atoms with Gasteiger partial charge in [-0.15, -0.1) is 0 Å². The van der Waals surface area contributed by atoms with Crippen molar-refractivity contribution in [2.75, 3.05) is 34.8 Å². The average molecular weight is 817 g/mol. The molecule has 3 aliphatic rings. The fourth-order valence-corrected chi connectivity index (χ4v) is 8.47. The van der Waals surface area contributed by atoms with Gasteiger partial charge in [-0.3, -0.25) is 34.3 Å². The van der Waals surface area contributed by atoms with Crippen LogP contribution < -0.4 is 25.2 Å². The van der Waals surface area contributed by atoms with Gasteiger partial charge in [0.1, 0.15) is 11.3 Å². The molecule has 0 aliphatic carbocycles. The highest BCUT2D eigenvalue weighted by atomic mass is 32.1. The topological polar surface area (TPSA) is 135 Å². The number of likely N-dealkylation sites (tertiary alicyclic amines) is 1. The third-order valence-electron chi connectivity index (χ3n) is 11.4. The molecule has 0 bridgehead atoms. The maximum absolute atomic E-state index is 13.8. The Morgan fingerprint density at radius 2 is 1.78 bits per heavy atom. The van der Waals surface area contributed by atoms with E-state index in [0.717, 1.165) is 60.5 Å². The highest BCUT2D eigenvalue weighted by Gasteiger charge is 2.51. The predicted molar refractivity (Wildman–Crippen MR) is 217 cm³/mol. The highest BCUT2D eigenvalue weighted by Crippen LogP contribution is 2.41. The number of hydrogen-bond donors (Lipinski definition) is 2. The minimum Gasteiger partial charge on any atom is -0.493 e.